The SMILES string of the molecule is CC(=O)S[C@@H]1CC(=O)N1C(O)C(=O)OCc1ccc([N+](=O)[O-])cc1. The second kappa shape index (κ2) is 7.41. The standard InChI is InChI=1S/C14H14N2O7S/c1-8(17)24-12-6-11(18)15(12)13(19)14(20)23-7-9-2-4-10(5-3-9)16(21)22/h2-5,12-13,19H,6-7H2,1H3/t12-,13?/m1/s1. The van der Waals surface area contributed by atoms with Gasteiger partial charge in [-0.05, 0) is 17.7 Å². The molecule has 10 heteroatoms. The number of amides is 1. The maximum atomic E-state index is 11.8. The van der Waals surface area contributed by atoms with Gasteiger partial charge in [0.05, 0.1) is 16.7 Å². The smallest absolute Gasteiger partial charge is 0.356 e. The van der Waals surface area contributed by atoms with E-state index >= 15 is 0 Å². The second-order valence-electron chi connectivity index (χ2n) is 4.97. The third-order valence-electron chi connectivity index (χ3n) is 3.25. The fraction of sp³-hybridized carbons (Fsp3) is 0.357. The summed E-state index contributed by atoms with van der Waals surface area (Å²) in [4.78, 5) is 45.3. The molecular formula is C14H14N2O7S. The van der Waals surface area contributed by atoms with Crippen molar-refractivity contribution < 1.29 is 29.2 Å². The number of nitro benzene ring substituents is 1. The maximum Gasteiger partial charge on any atom is 0.356 e. The van der Waals surface area contributed by atoms with Crippen LogP contribution in [0.15, 0.2) is 24.3 Å². The number of likely N-dealkylation sites (tertiary alicyclic amines) is 1. The van der Waals surface area contributed by atoms with Crippen LogP contribution in [0.5, 0.6) is 0 Å². The molecule has 1 aliphatic heterocycles. The van der Waals surface area contributed by atoms with E-state index in [2.05, 4.69) is 0 Å². The summed E-state index contributed by atoms with van der Waals surface area (Å²) in [5.41, 5.74) is 0.395. The van der Waals surface area contributed by atoms with E-state index in [0.717, 1.165) is 16.7 Å². The van der Waals surface area contributed by atoms with Crippen molar-refractivity contribution in [2.75, 3.05) is 0 Å². The Morgan fingerprint density at radius 2 is 2.08 bits per heavy atom. The van der Waals surface area contributed by atoms with Gasteiger partial charge in [-0.15, -0.1) is 0 Å². The van der Waals surface area contributed by atoms with Crippen molar-refractivity contribution in [3.05, 3.63) is 39.9 Å². The van der Waals surface area contributed by atoms with Gasteiger partial charge in [0, 0.05) is 19.1 Å². The van der Waals surface area contributed by atoms with E-state index < -0.39 is 28.4 Å². The Labute approximate surface area is 140 Å². The van der Waals surface area contributed by atoms with Gasteiger partial charge in [-0.25, -0.2) is 4.79 Å². The van der Waals surface area contributed by atoms with Gasteiger partial charge in [0.1, 0.15) is 6.61 Å². The molecule has 24 heavy (non-hydrogen) atoms. The Morgan fingerprint density at radius 1 is 1.46 bits per heavy atom. The number of carbonyl (C=O) groups is 3. The first-order valence-electron chi connectivity index (χ1n) is 6.86. The van der Waals surface area contributed by atoms with Gasteiger partial charge < -0.3 is 9.84 Å². The van der Waals surface area contributed by atoms with Crippen molar-refractivity contribution in [1.29, 1.82) is 0 Å². The van der Waals surface area contributed by atoms with E-state index in [1.165, 1.54) is 31.2 Å². The lowest BCUT2D eigenvalue weighted by Gasteiger charge is -2.40. The van der Waals surface area contributed by atoms with Crippen LogP contribution in [0.25, 0.3) is 0 Å². The number of nitrogens with zero attached hydrogens (tertiary/aromatic N) is 2. The lowest BCUT2D eigenvalue weighted by molar-refractivity contribution is -0.384. The number of hydrogen-bond donors (Lipinski definition) is 1. The van der Waals surface area contributed by atoms with Crippen LogP contribution in [-0.2, 0) is 25.7 Å². The summed E-state index contributed by atoms with van der Waals surface area (Å²) in [6.45, 7) is 1.12. The third-order valence-corrected chi connectivity index (χ3v) is 4.25. The van der Waals surface area contributed by atoms with Crippen molar-refractivity contribution in [1.82, 2.24) is 4.90 Å². The summed E-state index contributed by atoms with van der Waals surface area (Å²) < 4.78 is 4.90. The Morgan fingerprint density at radius 3 is 2.58 bits per heavy atom. The van der Waals surface area contributed by atoms with Gasteiger partial charge in [0.25, 0.3) is 5.69 Å². The topological polar surface area (TPSA) is 127 Å². The predicted octanol–water partition coefficient (Wildman–Crippen LogP) is 0.794. The van der Waals surface area contributed by atoms with Gasteiger partial charge in [-0.3, -0.25) is 24.6 Å². The Balaban J connectivity index is 1.90. The van der Waals surface area contributed by atoms with Crippen molar-refractivity contribution in [2.24, 2.45) is 0 Å². The van der Waals surface area contributed by atoms with Crippen LogP contribution in [0.3, 0.4) is 0 Å². The summed E-state index contributed by atoms with van der Waals surface area (Å²) in [6.07, 6.45) is -1.72. The summed E-state index contributed by atoms with van der Waals surface area (Å²) in [7, 11) is 0. The normalized spacial score (nSPS) is 17.8. The van der Waals surface area contributed by atoms with Crippen LogP contribution in [-0.4, -0.2) is 43.5 Å². The van der Waals surface area contributed by atoms with Gasteiger partial charge in [0.2, 0.25) is 12.1 Å². The minimum atomic E-state index is -1.79. The van der Waals surface area contributed by atoms with Gasteiger partial charge in [0.15, 0.2) is 5.12 Å². The summed E-state index contributed by atoms with van der Waals surface area (Å²) in [5.74, 6) is -1.48. The number of non-ortho nitro benzene ring substituents is 1. The second-order valence-corrected chi connectivity index (χ2v) is 6.33. The average molecular weight is 354 g/mol. The Hall–Kier alpha value is -2.46. The van der Waals surface area contributed by atoms with Gasteiger partial charge in [-0.1, -0.05) is 11.8 Å². The van der Waals surface area contributed by atoms with Crippen LogP contribution < -0.4 is 0 Å². The van der Waals surface area contributed by atoms with Crippen LogP contribution >= 0.6 is 11.8 Å². The molecule has 0 radical (unpaired) electrons. The number of β-lactam (4-membered cyclic amide) rings is 1. The number of carbonyl (C=O) groups excluding carboxylic acids is 3. The molecule has 0 aromatic heterocycles. The molecule has 128 valence electrons. The predicted molar refractivity (Wildman–Crippen MR) is 82.4 cm³/mol. The summed E-state index contributed by atoms with van der Waals surface area (Å²) in [6, 6.07) is 5.36. The lowest BCUT2D eigenvalue weighted by atomic mass is 10.2. The molecule has 1 unspecified atom stereocenters. The van der Waals surface area contributed by atoms with E-state index in [-0.39, 0.29) is 23.8 Å². The third kappa shape index (κ3) is 4.09. The average Bonchev–Trinajstić information content (AvgIpc) is 2.51. The maximum absolute atomic E-state index is 11.8. The number of rotatable bonds is 6. The highest BCUT2D eigenvalue weighted by atomic mass is 32.2. The molecule has 1 amide bonds. The number of aliphatic hydroxyl groups is 1. The van der Waals surface area contributed by atoms with Crippen molar-refractivity contribution >= 4 is 34.4 Å². The number of hydrogen-bond acceptors (Lipinski definition) is 8. The van der Waals surface area contributed by atoms with Gasteiger partial charge >= 0.3 is 5.97 Å². The van der Waals surface area contributed by atoms with E-state index in [1.54, 1.807) is 0 Å². The fourth-order valence-electron chi connectivity index (χ4n) is 2.04. The molecule has 0 bridgehead atoms. The molecule has 0 aliphatic carbocycles. The zero-order valence-corrected chi connectivity index (χ0v) is 13.4. The number of nitro groups is 1. The van der Waals surface area contributed by atoms with Crippen LogP contribution in [0, 0.1) is 10.1 Å². The highest BCUT2D eigenvalue weighted by Crippen LogP contribution is 2.31. The highest BCUT2D eigenvalue weighted by molar-refractivity contribution is 8.14. The van der Waals surface area contributed by atoms with E-state index in [0.29, 0.717) is 5.56 Å². The first-order chi connectivity index (χ1) is 11.3. The quantitative estimate of drug-likeness (QED) is 0.344. The summed E-state index contributed by atoms with van der Waals surface area (Å²) >= 11 is 0.852. The molecule has 1 fully saturated rings. The molecule has 1 aromatic rings. The van der Waals surface area contributed by atoms with E-state index in [9.17, 15) is 29.6 Å². The molecule has 9 nitrogen and oxygen atoms in total. The molecule has 2 rings (SSSR count). The Kier molecular flexibility index (Phi) is 5.52. The lowest BCUT2D eigenvalue weighted by Crippen LogP contribution is -2.59. The van der Waals surface area contributed by atoms with E-state index in [1.807, 2.05) is 0 Å². The zero-order chi connectivity index (χ0) is 17.9. The van der Waals surface area contributed by atoms with Crippen LogP contribution in [0.4, 0.5) is 5.69 Å². The fourth-order valence-corrected chi connectivity index (χ4v) is 3.00. The van der Waals surface area contributed by atoms with E-state index in [4.69, 9.17) is 4.74 Å². The zero-order valence-electron chi connectivity index (χ0n) is 12.6. The molecule has 1 heterocycles. The van der Waals surface area contributed by atoms with Crippen LogP contribution in [0.1, 0.15) is 18.9 Å². The first kappa shape index (κ1) is 17.9. The molecule has 0 spiro atoms. The minimum absolute atomic E-state index is 0.0664. The van der Waals surface area contributed by atoms with Crippen molar-refractivity contribution in [3.8, 4) is 0 Å². The number of thioether (sulfide) groups is 1. The number of esters is 1. The van der Waals surface area contributed by atoms with Crippen molar-refractivity contribution in [3.63, 3.8) is 0 Å². The molecule has 0 saturated carbocycles. The molecule has 1 aliphatic rings. The highest BCUT2D eigenvalue weighted by Gasteiger charge is 2.44. The molecule has 1 saturated heterocycles. The Bertz CT molecular complexity index is 676. The van der Waals surface area contributed by atoms with Gasteiger partial charge in [-0.2, -0.15) is 0 Å². The largest absolute Gasteiger partial charge is 0.457 e. The number of benzene rings is 1. The van der Waals surface area contributed by atoms with Crippen molar-refractivity contribution in [2.45, 2.75) is 31.6 Å². The molecule has 2 atom stereocenters. The molecular weight excluding hydrogens is 340 g/mol. The molecule has 1 N–H and O–H groups in total. The first-order valence-corrected chi connectivity index (χ1v) is 7.74. The molecule has 1 aromatic carbocycles. The number of ether oxygens (including phenoxy) is 1. The summed E-state index contributed by atoms with van der Waals surface area (Å²) in [5, 5.41) is 19.6. The minimum Gasteiger partial charge on any atom is -0.457 e. The van der Waals surface area contributed by atoms with Crippen LogP contribution in [0.2, 0.25) is 0 Å². The monoisotopic (exact) mass is 354 g/mol. The number of aliphatic hydroxyl groups excluding tert-OH is 1.